The van der Waals surface area contributed by atoms with Crippen LogP contribution in [-0.2, 0) is 16.6 Å². The number of aliphatic hydroxyl groups excluding tert-OH is 1. The zero-order valence-electron chi connectivity index (χ0n) is 9.88. The van der Waals surface area contributed by atoms with Crippen LogP contribution in [0.4, 0.5) is 0 Å². The van der Waals surface area contributed by atoms with Crippen LogP contribution in [0, 0.1) is 0 Å². The van der Waals surface area contributed by atoms with Crippen LogP contribution in [0.2, 0.25) is 0 Å². The smallest absolute Gasteiger partial charge is 0.308 e. The Bertz CT molecular complexity index is 545. The fourth-order valence-electron chi connectivity index (χ4n) is 1.98. The first-order chi connectivity index (χ1) is 8.13. The summed E-state index contributed by atoms with van der Waals surface area (Å²) in [6, 6.07) is 9.73. The lowest BCUT2D eigenvalue weighted by Crippen LogP contribution is -2.10. The SMILES string of the molecule is COC(=O)CC(O)c1cc2ccccc2n1C. The van der Waals surface area contributed by atoms with Gasteiger partial charge in [-0.25, -0.2) is 0 Å². The molecule has 17 heavy (non-hydrogen) atoms. The Labute approximate surface area is 99.4 Å². The lowest BCUT2D eigenvalue weighted by Gasteiger charge is -2.10. The summed E-state index contributed by atoms with van der Waals surface area (Å²) in [4.78, 5) is 11.1. The van der Waals surface area contributed by atoms with E-state index < -0.39 is 12.1 Å². The molecular weight excluding hydrogens is 218 g/mol. The summed E-state index contributed by atoms with van der Waals surface area (Å²) in [6.07, 6.45) is -0.861. The molecule has 1 aromatic carbocycles. The molecule has 1 atom stereocenters. The van der Waals surface area contributed by atoms with Crippen LogP contribution in [0.3, 0.4) is 0 Å². The molecule has 0 aliphatic heterocycles. The van der Waals surface area contributed by atoms with Crippen molar-refractivity contribution in [2.24, 2.45) is 7.05 Å². The fourth-order valence-corrected chi connectivity index (χ4v) is 1.98. The maximum Gasteiger partial charge on any atom is 0.308 e. The molecule has 1 unspecified atom stereocenters. The number of nitrogens with zero attached hydrogens (tertiary/aromatic N) is 1. The molecule has 1 aromatic heterocycles. The minimum absolute atomic E-state index is 0.0271. The highest BCUT2D eigenvalue weighted by atomic mass is 16.5. The number of aromatic nitrogens is 1. The molecule has 1 heterocycles. The highest BCUT2D eigenvalue weighted by Gasteiger charge is 2.17. The number of hydrogen-bond acceptors (Lipinski definition) is 3. The molecule has 0 saturated carbocycles. The number of ether oxygens (including phenoxy) is 1. The van der Waals surface area contributed by atoms with Gasteiger partial charge in [-0.1, -0.05) is 18.2 Å². The molecule has 0 saturated heterocycles. The van der Waals surface area contributed by atoms with Crippen molar-refractivity contribution in [1.29, 1.82) is 0 Å². The standard InChI is InChI=1S/C13H15NO3/c1-14-10-6-4-3-5-9(10)7-11(14)12(15)8-13(16)17-2/h3-7,12,15H,8H2,1-2H3. The summed E-state index contributed by atoms with van der Waals surface area (Å²) in [5, 5.41) is 11.0. The summed E-state index contributed by atoms with van der Waals surface area (Å²) in [5.41, 5.74) is 1.75. The Kier molecular flexibility index (Phi) is 3.15. The first-order valence-electron chi connectivity index (χ1n) is 5.42. The quantitative estimate of drug-likeness (QED) is 0.822. The molecule has 4 nitrogen and oxygen atoms in total. The van der Waals surface area contributed by atoms with Gasteiger partial charge in [-0.05, 0) is 17.5 Å². The van der Waals surface area contributed by atoms with Crippen molar-refractivity contribution in [2.75, 3.05) is 7.11 Å². The van der Waals surface area contributed by atoms with Gasteiger partial charge in [0.15, 0.2) is 0 Å². The number of benzene rings is 1. The van der Waals surface area contributed by atoms with Crippen LogP contribution in [0.25, 0.3) is 10.9 Å². The third-order valence-electron chi connectivity index (χ3n) is 2.92. The maximum absolute atomic E-state index is 11.1. The Morgan fingerprint density at radius 3 is 2.82 bits per heavy atom. The second-order valence-corrected chi connectivity index (χ2v) is 3.98. The highest BCUT2D eigenvalue weighted by Crippen LogP contribution is 2.25. The fraction of sp³-hybridized carbons (Fsp3) is 0.308. The Hall–Kier alpha value is -1.81. The molecule has 0 fully saturated rings. The molecule has 0 radical (unpaired) electrons. The average Bonchev–Trinajstić information content (AvgIpc) is 2.67. The predicted octanol–water partition coefficient (Wildman–Crippen LogP) is 1.77. The summed E-state index contributed by atoms with van der Waals surface area (Å²) in [5.74, 6) is -0.414. The second kappa shape index (κ2) is 4.59. The predicted molar refractivity (Wildman–Crippen MR) is 64.5 cm³/mol. The van der Waals surface area contributed by atoms with Gasteiger partial charge >= 0.3 is 5.97 Å². The summed E-state index contributed by atoms with van der Waals surface area (Å²) < 4.78 is 6.44. The van der Waals surface area contributed by atoms with Gasteiger partial charge in [0.25, 0.3) is 0 Å². The Balaban J connectivity index is 2.35. The van der Waals surface area contributed by atoms with Crippen molar-refractivity contribution in [3.63, 3.8) is 0 Å². The van der Waals surface area contributed by atoms with E-state index in [1.54, 1.807) is 0 Å². The molecule has 2 rings (SSSR count). The van der Waals surface area contributed by atoms with Crippen molar-refractivity contribution in [1.82, 2.24) is 4.57 Å². The lowest BCUT2D eigenvalue weighted by atomic mass is 10.2. The first-order valence-corrected chi connectivity index (χ1v) is 5.42. The van der Waals surface area contributed by atoms with Crippen molar-refractivity contribution < 1.29 is 14.6 Å². The van der Waals surface area contributed by atoms with Crippen LogP contribution in [-0.4, -0.2) is 22.8 Å². The van der Waals surface area contributed by atoms with Crippen LogP contribution in [0.1, 0.15) is 18.2 Å². The zero-order valence-corrected chi connectivity index (χ0v) is 9.88. The normalized spacial score (nSPS) is 12.6. The van der Waals surface area contributed by atoms with Crippen molar-refractivity contribution >= 4 is 16.9 Å². The van der Waals surface area contributed by atoms with E-state index in [1.165, 1.54) is 7.11 Å². The van der Waals surface area contributed by atoms with Crippen LogP contribution in [0.15, 0.2) is 30.3 Å². The molecule has 0 aliphatic rings. The highest BCUT2D eigenvalue weighted by molar-refractivity contribution is 5.81. The largest absolute Gasteiger partial charge is 0.469 e. The lowest BCUT2D eigenvalue weighted by molar-refractivity contribution is -0.143. The summed E-state index contributed by atoms with van der Waals surface area (Å²) >= 11 is 0. The van der Waals surface area contributed by atoms with Gasteiger partial charge in [0, 0.05) is 18.3 Å². The number of aliphatic hydroxyl groups is 1. The molecular formula is C13H15NO3. The monoisotopic (exact) mass is 233 g/mol. The minimum Gasteiger partial charge on any atom is -0.469 e. The van der Waals surface area contributed by atoms with Gasteiger partial charge < -0.3 is 14.4 Å². The third kappa shape index (κ3) is 2.17. The van der Waals surface area contributed by atoms with E-state index in [0.29, 0.717) is 0 Å². The Morgan fingerprint density at radius 1 is 1.47 bits per heavy atom. The molecule has 90 valence electrons. The molecule has 0 amide bonds. The van der Waals surface area contributed by atoms with Crippen LogP contribution in [0.5, 0.6) is 0 Å². The molecule has 0 bridgehead atoms. The molecule has 2 aromatic rings. The molecule has 4 heteroatoms. The van der Waals surface area contributed by atoms with E-state index in [1.807, 2.05) is 41.9 Å². The van der Waals surface area contributed by atoms with Gasteiger partial charge in [-0.15, -0.1) is 0 Å². The second-order valence-electron chi connectivity index (χ2n) is 3.98. The van der Waals surface area contributed by atoms with Gasteiger partial charge in [-0.3, -0.25) is 4.79 Å². The number of hydrogen-bond donors (Lipinski definition) is 1. The number of para-hydroxylation sites is 1. The van der Waals surface area contributed by atoms with E-state index >= 15 is 0 Å². The Morgan fingerprint density at radius 2 is 2.18 bits per heavy atom. The topological polar surface area (TPSA) is 51.5 Å². The number of methoxy groups -OCH3 is 1. The van der Waals surface area contributed by atoms with E-state index in [2.05, 4.69) is 4.74 Å². The van der Waals surface area contributed by atoms with Crippen molar-refractivity contribution in [3.8, 4) is 0 Å². The van der Waals surface area contributed by atoms with Gasteiger partial charge in [-0.2, -0.15) is 0 Å². The third-order valence-corrected chi connectivity index (χ3v) is 2.92. The number of fused-ring (bicyclic) bond motifs is 1. The van der Waals surface area contributed by atoms with Crippen LogP contribution >= 0.6 is 0 Å². The molecule has 1 N–H and O–H groups in total. The first kappa shape index (κ1) is 11.7. The summed E-state index contributed by atoms with van der Waals surface area (Å²) in [7, 11) is 3.19. The molecule has 0 aliphatic carbocycles. The van der Waals surface area contributed by atoms with Crippen molar-refractivity contribution in [3.05, 3.63) is 36.0 Å². The van der Waals surface area contributed by atoms with Gasteiger partial charge in [0.05, 0.1) is 13.5 Å². The summed E-state index contributed by atoms with van der Waals surface area (Å²) in [6.45, 7) is 0. The number of aryl methyl sites for hydroxylation is 1. The van der Waals surface area contributed by atoms with E-state index in [0.717, 1.165) is 16.6 Å². The minimum atomic E-state index is -0.833. The maximum atomic E-state index is 11.1. The van der Waals surface area contributed by atoms with E-state index in [-0.39, 0.29) is 6.42 Å². The number of carbonyl (C=O) groups excluding carboxylic acids is 1. The van der Waals surface area contributed by atoms with E-state index in [9.17, 15) is 9.90 Å². The van der Waals surface area contributed by atoms with E-state index in [4.69, 9.17) is 0 Å². The number of carbonyl (C=O) groups is 1. The average molecular weight is 233 g/mol. The van der Waals surface area contributed by atoms with Gasteiger partial charge in [0.2, 0.25) is 0 Å². The zero-order chi connectivity index (χ0) is 12.4. The van der Waals surface area contributed by atoms with Gasteiger partial charge in [0.1, 0.15) is 6.10 Å². The van der Waals surface area contributed by atoms with Crippen LogP contribution < -0.4 is 0 Å². The molecule has 0 spiro atoms. The van der Waals surface area contributed by atoms with Crippen molar-refractivity contribution in [2.45, 2.75) is 12.5 Å². The number of esters is 1. The number of rotatable bonds is 3.